The van der Waals surface area contributed by atoms with Gasteiger partial charge in [0.1, 0.15) is 5.82 Å². The maximum absolute atomic E-state index is 13.0. The van der Waals surface area contributed by atoms with Crippen LogP contribution in [0.4, 0.5) is 4.39 Å². The molecule has 1 fully saturated rings. The summed E-state index contributed by atoms with van der Waals surface area (Å²) in [5, 5.41) is 12.2. The summed E-state index contributed by atoms with van der Waals surface area (Å²) < 4.78 is 13.0. The van der Waals surface area contributed by atoms with Gasteiger partial charge in [-0.3, -0.25) is 4.90 Å². The molecule has 1 aliphatic heterocycles. The number of rotatable bonds is 3. The molecule has 0 amide bonds. The molecule has 1 aliphatic rings. The van der Waals surface area contributed by atoms with Gasteiger partial charge >= 0.3 is 0 Å². The highest BCUT2D eigenvalue weighted by Crippen LogP contribution is 2.17. The minimum absolute atomic E-state index is 0.347. The second-order valence-electron chi connectivity index (χ2n) is 4.42. The molecule has 0 radical (unpaired) electrons. The summed E-state index contributed by atoms with van der Waals surface area (Å²) in [4.78, 5) is 2.29. The molecule has 2 rings (SSSR count). The summed E-state index contributed by atoms with van der Waals surface area (Å²) in [5.41, 5.74) is 1.35. The van der Waals surface area contributed by atoms with Gasteiger partial charge in [0.15, 0.2) is 0 Å². The lowest BCUT2D eigenvalue weighted by molar-refractivity contribution is 0.322. The maximum atomic E-state index is 13.0. The normalized spacial score (nSPS) is 20.4. The molecule has 0 saturated carbocycles. The first-order valence-electron chi connectivity index (χ1n) is 5.81. The van der Waals surface area contributed by atoms with E-state index in [9.17, 15) is 4.39 Å². The predicted octanol–water partition coefficient (Wildman–Crippen LogP) is 1.49. The standard InChI is InChI=1S/C13H16FN3/c1-16-13-4-5-17(9-13)8-10-2-3-12(14)6-11(10)7-15/h2-3,6,13,16H,4-5,8-9H2,1H3. The second-order valence-corrected chi connectivity index (χ2v) is 4.42. The zero-order valence-corrected chi connectivity index (χ0v) is 9.91. The fourth-order valence-corrected chi connectivity index (χ4v) is 2.24. The van der Waals surface area contributed by atoms with Gasteiger partial charge < -0.3 is 5.32 Å². The number of hydrogen-bond acceptors (Lipinski definition) is 3. The smallest absolute Gasteiger partial charge is 0.124 e. The van der Waals surface area contributed by atoms with Crippen molar-refractivity contribution in [1.82, 2.24) is 10.2 Å². The van der Waals surface area contributed by atoms with Crippen LogP contribution in [-0.4, -0.2) is 31.1 Å². The lowest BCUT2D eigenvalue weighted by Crippen LogP contribution is -2.29. The molecule has 1 unspecified atom stereocenters. The van der Waals surface area contributed by atoms with E-state index in [2.05, 4.69) is 16.3 Å². The fraction of sp³-hybridized carbons (Fsp3) is 0.462. The summed E-state index contributed by atoms with van der Waals surface area (Å²) in [6.45, 7) is 2.73. The zero-order valence-electron chi connectivity index (χ0n) is 9.91. The molecule has 1 heterocycles. The molecule has 0 aromatic heterocycles. The van der Waals surface area contributed by atoms with Gasteiger partial charge in [-0.25, -0.2) is 4.39 Å². The molecule has 0 bridgehead atoms. The molecule has 1 saturated heterocycles. The van der Waals surface area contributed by atoms with Gasteiger partial charge in [-0.1, -0.05) is 6.07 Å². The number of nitriles is 1. The quantitative estimate of drug-likeness (QED) is 0.859. The molecule has 90 valence electrons. The monoisotopic (exact) mass is 233 g/mol. The SMILES string of the molecule is CNC1CCN(Cc2ccc(F)cc2C#N)C1. The van der Waals surface area contributed by atoms with Crippen molar-refractivity contribution in [3.8, 4) is 6.07 Å². The Balaban J connectivity index is 2.07. The van der Waals surface area contributed by atoms with Crippen molar-refractivity contribution in [1.29, 1.82) is 5.26 Å². The number of nitrogens with zero attached hydrogens (tertiary/aromatic N) is 2. The number of hydrogen-bond donors (Lipinski definition) is 1. The number of benzene rings is 1. The Morgan fingerprint density at radius 1 is 1.59 bits per heavy atom. The van der Waals surface area contributed by atoms with Gasteiger partial charge in [-0.2, -0.15) is 5.26 Å². The van der Waals surface area contributed by atoms with Gasteiger partial charge in [-0.05, 0) is 31.2 Å². The number of halogens is 1. The van der Waals surface area contributed by atoms with E-state index in [-0.39, 0.29) is 5.82 Å². The molecule has 1 atom stereocenters. The van der Waals surface area contributed by atoms with Crippen molar-refractivity contribution in [3.63, 3.8) is 0 Å². The third-order valence-electron chi connectivity index (χ3n) is 3.27. The van der Waals surface area contributed by atoms with Crippen LogP contribution in [0.25, 0.3) is 0 Å². The highest BCUT2D eigenvalue weighted by Gasteiger charge is 2.21. The molecule has 1 aromatic carbocycles. The van der Waals surface area contributed by atoms with E-state index in [0.717, 1.165) is 31.6 Å². The molecule has 1 aromatic rings. The van der Waals surface area contributed by atoms with Crippen LogP contribution in [0, 0.1) is 17.1 Å². The third kappa shape index (κ3) is 2.82. The van der Waals surface area contributed by atoms with Crippen LogP contribution in [0.2, 0.25) is 0 Å². The van der Waals surface area contributed by atoms with Gasteiger partial charge in [0, 0.05) is 25.7 Å². The Bertz CT molecular complexity index is 439. The highest BCUT2D eigenvalue weighted by atomic mass is 19.1. The largest absolute Gasteiger partial charge is 0.316 e. The van der Waals surface area contributed by atoms with Crippen LogP contribution in [0.15, 0.2) is 18.2 Å². The Hall–Kier alpha value is -1.44. The lowest BCUT2D eigenvalue weighted by atomic mass is 10.1. The zero-order chi connectivity index (χ0) is 12.3. The van der Waals surface area contributed by atoms with E-state index in [1.54, 1.807) is 6.07 Å². The fourth-order valence-electron chi connectivity index (χ4n) is 2.24. The molecular weight excluding hydrogens is 217 g/mol. The van der Waals surface area contributed by atoms with Crippen LogP contribution in [0.3, 0.4) is 0 Å². The first kappa shape index (κ1) is 12.0. The van der Waals surface area contributed by atoms with Crippen LogP contribution >= 0.6 is 0 Å². The van der Waals surface area contributed by atoms with E-state index >= 15 is 0 Å². The van der Waals surface area contributed by atoms with Crippen LogP contribution in [-0.2, 0) is 6.54 Å². The van der Waals surface area contributed by atoms with Crippen molar-refractivity contribution in [2.45, 2.75) is 19.0 Å². The summed E-state index contributed by atoms with van der Waals surface area (Å²) in [6.07, 6.45) is 1.12. The molecule has 4 heteroatoms. The van der Waals surface area contributed by atoms with Crippen molar-refractivity contribution in [2.24, 2.45) is 0 Å². The number of likely N-dealkylation sites (tertiary alicyclic amines) is 1. The Morgan fingerprint density at radius 3 is 3.06 bits per heavy atom. The topological polar surface area (TPSA) is 39.1 Å². The highest BCUT2D eigenvalue weighted by molar-refractivity contribution is 5.37. The third-order valence-corrected chi connectivity index (χ3v) is 3.27. The van der Waals surface area contributed by atoms with E-state index in [1.165, 1.54) is 12.1 Å². The number of likely N-dealkylation sites (N-methyl/N-ethyl adjacent to an activating group) is 1. The molecule has 3 nitrogen and oxygen atoms in total. The molecule has 0 aliphatic carbocycles. The van der Waals surface area contributed by atoms with E-state index in [0.29, 0.717) is 11.6 Å². The average molecular weight is 233 g/mol. The minimum atomic E-state index is -0.347. The van der Waals surface area contributed by atoms with Gasteiger partial charge in [0.25, 0.3) is 0 Å². The van der Waals surface area contributed by atoms with Gasteiger partial charge in [0.05, 0.1) is 11.6 Å². The second kappa shape index (κ2) is 5.26. The average Bonchev–Trinajstić information content (AvgIpc) is 2.79. The van der Waals surface area contributed by atoms with E-state index in [4.69, 9.17) is 5.26 Å². The Morgan fingerprint density at radius 2 is 2.41 bits per heavy atom. The van der Waals surface area contributed by atoms with Gasteiger partial charge in [0.2, 0.25) is 0 Å². The van der Waals surface area contributed by atoms with Gasteiger partial charge in [-0.15, -0.1) is 0 Å². The maximum Gasteiger partial charge on any atom is 0.124 e. The summed E-state index contributed by atoms with van der Waals surface area (Å²) in [6, 6.07) is 7.02. The first-order valence-corrected chi connectivity index (χ1v) is 5.81. The first-order chi connectivity index (χ1) is 8.22. The van der Waals surface area contributed by atoms with E-state index < -0.39 is 0 Å². The van der Waals surface area contributed by atoms with Crippen molar-refractivity contribution in [3.05, 3.63) is 35.1 Å². The molecule has 1 N–H and O–H groups in total. The predicted molar refractivity (Wildman–Crippen MR) is 63.9 cm³/mol. The number of nitrogens with one attached hydrogen (secondary N) is 1. The van der Waals surface area contributed by atoms with Crippen LogP contribution in [0.5, 0.6) is 0 Å². The van der Waals surface area contributed by atoms with Crippen molar-refractivity contribution in [2.75, 3.05) is 20.1 Å². The minimum Gasteiger partial charge on any atom is -0.316 e. The summed E-state index contributed by atoms with van der Waals surface area (Å²) in [5.74, 6) is -0.347. The van der Waals surface area contributed by atoms with Crippen LogP contribution < -0.4 is 5.32 Å². The molecular formula is C13H16FN3. The Kier molecular flexibility index (Phi) is 3.72. The lowest BCUT2D eigenvalue weighted by Gasteiger charge is -2.16. The van der Waals surface area contributed by atoms with Crippen molar-refractivity contribution >= 4 is 0 Å². The van der Waals surface area contributed by atoms with Crippen LogP contribution in [0.1, 0.15) is 17.5 Å². The molecule has 0 spiro atoms. The Labute approximate surface area is 101 Å². The van der Waals surface area contributed by atoms with Crippen molar-refractivity contribution < 1.29 is 4.39 Å². The summed E-state index contributed by atoms with van der Waals surface area (Å²) in [7, 11) is 1.97. The van der Waals surface area contributed by atoms with E-state index in [1.807, 2.05) is 7.05 Å². The summed E-state index contributed by atoms with van der Waals surface area (Å²) >= 11 is 0. The molecule has 17 heavy (non-hydrogen) atoms.